The van der Waals surface area contributed by atoms with Gasteiger partial charge in [-0.2, -0.15) is 0 Å². The van der Waals surface area contributed by atoms with Crippen molar-refractivity contribution in [1.82, 2.24) is 10.2 Å². The monoisotopic (exact) mass is 638 g/mol. The van der Waals surface area contributed by atoms with Gasteiger partial charge in [0.05, 0.1) is 15.7 Å². The number of halogens is 3. The molecule has 4 N–H and O–H groups in total. The fourth-order valence-corrected chi connectivity index (χ4v) is 5.38. The number of carbonyl (C=O) groups is 4. The number of Topliss-reactive ketones (excluding diaryl/α,β-unsaturated/α-hetero) is 1. The molecule has 0 spiro atoms. The van der Waals surface area contributed by atoms with E-state index >= 15 is 0 Å². The average molecular weight is 640 g/mol. The zero-order chi connectivity index (χ0) is 31.8. The van der Waals surface area contributed by atoms with Crippen molar-refractivity contribution in [2.75, 3.05) is 11.9 Å². The second-order valence-electron chi connectivity index (χ2n) is 10.6. The molecule has 44 heavy (non-hydrogen) atoms. The molecule has 0 fully saturated rings. The van der Waals surface area contributed by atoms with Gasteiger partial charge in [-0.15, -0.1) is 0 Å². The van der Waals surface area contributed by atoms with Crippen LogP contribution in [0.5, 0.6) is 0 Å². The molecule has 0 aromatic heterocycles. The Morgan fingerprint density at radius 2 is 1.64 bits per heavy atom. The molecular formula is C33H33Cl2FN4O4. The number of amides is 3. The van der Waals surface area contributed by atoms with Crippen LogP contribution in [0.3, 0.4) is 0 Å². The fraction of sp³-hybridized carbons (Fsp3) is 0.273. The van der Waals surface area contributed by atoms with Crippen LogP contribution < -0.4 is 16.4 Å². The molecule has 1 aliphatic heterocycles. The van der Waals surface area contributed by atoms with E-state index in [1.807, 2.05) is 24.3 Å². The highest BCUT2D eigenvalue weighted by atomic mass is 35.5. The van der Waals surface area contributed by atoms with E-state index < -0.39 is 29.7 Å². The highest BCUT2D eigenvalue weighted by molar-refractivity contribution is 6.42. The van der Waals surface area contributed by atoms with Crippen LogP contribution in [0.2, 0.25) is 10.0 Å². The van der Waals surface area contributed by atoms with Crippen LogP contribution >= 0.6 is 23.2 Å². The molecule has 8 nitrogen and oxygen atoms in total. The highest BCUT2D eigenvalue weighted by Crippen LogP contribution is 2.30. The summed E-state index contributed by atoms with van der Waals surface area (Å²) in [6, 6.07) is 16.7. The van der Waals surface area contributed by atoms with Crippen molar-refractivity contribution in [2.24, 2.45) is 5.73 Å². The Morgan fingerprint density at radius 3 is 2.34 bits per heavy atom. The van der Waals surface area contributed by atoms with Gasteiger partial charge in [0.15, 0.2) is 11.6 Å². The van der Waals surface area contributed by atoms with E-state index in [4.69, 9.17) is 28.9 Å². The van der Waals surface area contributed by atoms with Gasteiger partial charge < -0.3 is 21.3 Å². The van der Waals surface area contributed by atoms with Crippen LogP contribution in [0.1, 0.15) is 47.2 Å². The van der Waals surface area contributed by atoms with Gasteiger partial charge in [-0.1, -0.05) is 90.0 Å². The molecule has 3 amide bonds. The van der Waals surface area contributed by atoms with Gasteiger partial charge in [0.2, 0.25) is 17.7 Å². The molecule has 1 aliphatic rings. The number of hydrogen-bond acceptors (Lipinski definition) is 5. The number of ketones is 1. The normalized spacial score (nSPS) is 14.7. The van der Waals surface area contributed by atoms with E-state index in [2.05, 4.69) is 17.2 Å². The maximum absolute atomic E-state index is 14.7. The maximum Gasteiger partial charge on any atom is 0.247 e. The number of nitrogens with zero attached hydrogens (tertiary/aromatic N) is 1. The van der Waals surface area contributed by atoms with Gasteiger partial charge in [0, 0.05) is 31.4 Å². The first-order chi connectivity index (χ1) is 21.1. The van der Waals surface area contributed by atoms with Crippen molar-refractivity contribution < 1.29 is 23.6 Å². The lowest BCUT2D eigenvalue weighted by Gasteiger charge is -2.37. The summed E-state index contributed by atoms with van der Waals surface area (Å²) < 4.78 is 14.7. The summed E-state index contributed by atoms with van der Waals surface area (Å²) in [7, 11) is 0. The minimum atomic E-state index is -1.16. The van der Waals surface area contributed by atoms with Crippen LogP contribution in [-0.4, -0.2) is 47.0 Å². The van der Waals surface area contributed by atoms with E-state index in [1.165, 1.54) is 17.0 Å². The maximum atomic E-state index is 14.7. The molecule has 1 heterocycles. The Hall–Kier alpha value is -4.05. The first kappa shape index (κ1) is 32.9. The third-order valence-electron chi connectivity index (χ3n) is 7.45. The number of anilines is 1. The number of carbonyl (C=O) groups excluding carboxylic acids is 4. The lowest BCUT2D eigenvalue weighted by Crippen LogP contribution is -2.56. The smallest absolute Gasteiger partial charge is 0.247 e. The summed E-state index contributed by atoms with van der Waals surface area (Å²) in [4.78, 5) is 54.8. The number of benzene rings is 3. The molecule has 3 aromatic carbocycles. The zero-order valence-corrected chi connectivity index (χ0v) is 25.5. The zero-order valence-electron chi connectivity index (χ0n) is 24.0. The molecule has 230 valence electrons. The fourth-order valence-electron chi connectivity index (χ4n) is 5.07. The van der Waals surface area contributed by atoms with Crippen molar-refractivity contribution in [2.45, 2.75) is 50.7 Å². The van der Waals surface area contributed by atoms with E-state index in [-0.39, 0.29) is 66.2 Å². The summed E-state index contributed by atoms with van der Waals surface area (Å²) in [6.07, 6.45) is 0.528. The predicted molar refractivity (Wildman–Crippen MR) is 169 cm³/mol. The third-order valence-corrected chi connectivity index (χ3v) is 8.23. The third kappa shape index (κ3) is 8.11. The molecule has 0 bridgehead atoms. The van der Waals surface area contributed by atoms with E-state index in [9.17, 15) is 23.6 Å². The Bertz CT molecular complexity index is 1570. The molecule has 1 unspecified atom stereocenters. The second kappa shape index (κ2) is 15.1. The SMILES string of the molecule is C=C(CCN)CC(NC(=O)[C@@H]1Cc2ccccc2CN1C(=O)CCC(=O)c1ccccc1)C(=O)Nc1ccc(Cl)c(Cl)c1F. The van der Waals surface area contributed by atoms with Gasteiger partial charge in [0.25, 0.3) is 0 Å². The standard InChI is InChI=1S/C33H33Cl2FN4O4/c1-20(15-16-37)17-26(32(43)38-25-12-11-24(34)30(35)31(25)36)39-33(44)27-18-22-9-5-6-10-23(22)19-40(27)29(42)14-13-28(41)21-7-3-2-4-8-21/h2-12,26-27H,1,13-19,37H2,(H,38,43)(H,39,44)/t26?,27-/m0/s1. The highest BCUT2D eigenvalue weighted by Gasteiger charge is 2.36. The van der Waals surface area contributed by atoms with E-state index in [0.29, 0.717) is 17.6 Å². The number of nitrogens with two attached hydrogens (primary N) is 1. The van der Waals surface area contributed by atoms with E-state index in [0.717, 1.165) is 11.1 Å². The Balaban J connectivity index is 1.55. The lowest BCUT2D eigenvalue weighted by molar-refractivity contribution is -0.142. The summed E-state index contributed by atoms with van der Waals surface area (Å²) in [5.74, 6) is -2.74. The molecule has 3 aromatic rings. The van der Waals surface area contributed by atoms with Crippen LogP contribution in [0.15, 0.2) is 78.9 Å². The molecule has 2 atom stereocenters. The van der Waals surface area contributed by atoms with E-state index in [1.54, 1.807) is 30.3 Å². The van der Waals surface area contributed by atoms with Gasteiger partial charge in [0.1, 0.15) is 12.1 Å². The molecule has 0 radical (unpaired) electrons. The van der Waals surface area contributed by atoms with Crippen molar-refractivity contribution in [3.8, 4) is 0 Å². The molecule has 11 heteroatoms. The Morgan fingerprint density at radius 1 is 0.955 bits per heavy atom. The van der Waals surface area contributed by atoms with Crippen LogP contribution in [0.4, 0.5) is 10.1 Å². The molecule has 4 rings (SSSR count). The number of rotatable bonds is 12. The second-order valence-corrected chi connectivity index (χ2v) is 11.4. The van der Waals surface area contributed by atoms with Crippen molar-refractivity contribution in [3.63, 3.8) is 0 Å². The molecule has 0 saturated carbocycles. The van der Waals surface area contributed by atoms with Crippen LogP contribution in [-0.2, 0) is 27.3 Å². The summed E-state index contributed by atoms with van der Waals surface area (Å²) in [6.45, 7) is 4.40. The first-order valence-electron chi connectivity index (χ1n) is 14.1. The molecule has 0 saturated heterocycles. The van der Waals surface area contributed by atoms with Crippen molar-refractivity contribution >= 4 is 52.4 Å². The quantitative estimate of drug-likeness (QED) is 0.138. The van der Waals surface area contributed by atoms with Gasteiger partial charge in [-0.05, 0) is 42.6 Å². The Kier molecular flexibility index (Phi) is 11.3. The summed E-state index contributed by atoms with van der Waals surface area (Å²) in [5.41, 5.74) is 8.34. The van der Waals surface area contributed by atoms with Gasteiger partial charge in [-0.25, -0.2) is 4.39 Å². The van der Waals surface area contributed by atoms with Gasteiger partial charge in [-0.3, -0.25) is 19.2 Å². The summed E-state index contributed by atoms with van der Waals surface area (Å²) >= 11 is 11.8. The van der Waals surface area contributed by atoms with Gasteiger partial charge >= 0.3 is 0 Å². The van der Waals surface area contributed by atoms with Crippen molar-refractivity contribution in [3.05, 3.63) is 111 Å². The lowest BCUT2D eigenvalue weighted by atomic mass is 9.92. The average Bonchev–Trinajstić information content (AvgIpc) is 3.03. The summed E-state index contributed by atoms with van der Waals surface area (Å²) in [5, 5.41) is 4.86. The number of nitrogens with one attached hydrogen (secondary N) is 2. The predicted octanol–water partition coefficient (Wildman–Crippen LogP) is 5.47. The van der Waals surface area contributed by atoms with Crippen LogP contribution in [0.25, 0.3) is 0 Å². The minimum Gasteiger partial charge on any atom is -0.342 e. The minimum absolute atomic E-state index is 0.0175. The topological polar surface area (TPSA) is 122 Å². The molecular weight excluding hydrogens is 606 g/mol. The largest absolute Gasteiger partial charge is 0.342 e. The molecule has 0 aliphatic carbocycles. The number of hydrogen-bond donors (Lipinski definition) is 3. The van der Waals surface area contributed by atoms with Crippen LogP contribution in [0, 0.1) is 5.82 Å². The first-order valence-corrected chi connectivity index (χ1v) is 14.9. The van der Waals surface area contributed by atoms with Crippen molar-refractivity contribution in [1.29, 1.82) is 0 Å². The number of fused-ring (bicyclic) bond motifs is 1. The Labute approximate surface area is 265 Å².